The van der Waals surface area contributed by atoms with Gasteiger partial charge in [-0.05, 0) is 42.6 Å². The van der Waals surface area contributed by atoms with E-state index in [9.17, 15) is 0 Å². The van der Waals surface area contributed by atoms with Crippen LogP contribution in [-0.4, -0.2) is 7.05 Å². The van der Waals surface area contributed by atoms with Crippen LogP contribution in [0.3, 0.4) is 0 Å². The molecule has 1 aromatic carbocycles. The van der Waals surface area contributed by atoms with Crippen LogP contribution < -0.4 is 5.32 Å². The molecule has 0 aliphatic rings. The highest BCUT2D eigenvalue weighted by Crippen LogP contribution is 2.35. The Kier molecular flexibility index (Phi) is 4.78. The molecule has 2 heteroatoms. The van der Waals surface area contributed by atoms with Crippen LogP contribution in [0.1, 0.15) is 37.3 Å². The van der Waals surface area contributed by atoms with Gasteiger partial charge in [-0.3, -0.25) is 0 Å². The summed E-state index contributed by atoms with van der Waals surface area (Å²) in [4.78, 5) is 2.81. The monoisotopic (exact) mass is 273 g/mol. The number of rotatable bonds is 5. The van der Waals surface area contributed by atoms with Gasteiger partial charge in [0.25, 0.3) is 0 Å². The van der Waals surface area contributed by atoms with Crippen molar-refractivity contribution in [3.8, 4) is 10.4 Å². The molecule has 0 bridgehead atoms. The smallest absolute Gasteiger partial charge is 0.0435 e. The molecule has 1 N–H and O–H groups in total. The van der Waals surface area contributed by atoms with Gasteiger partial charge < -0.3 is 5.32 Å². The van der Waals surface area contributed by atoms with E-state index in [1.165, 1.54) is 20.9 Å². The Morgan fingerprint density at radius 3 is 2.47 bits per heavy atom. The van der Waals surface area contributed by atoms with Crippen LogP contribution >= 0.6 is 11.3 Å². The first-order valence-corrected chi connectivity index (χ1v) is 7.84. The minimum atomic E-state index is 0.451. The normalized spacial score (nSPS) is 12.9. The zero-order valence-corrected chi connectivity index (χ0v) is 13.1. The number of benzene rings is 1. The lowest BCUT2D eigenvalue weighted by molar-refractivity contribution is 0.449. The molecule has 2 aromatic rings. The minimum Gasteiger partial charge on any atom is -0.312 e. The second-order valence-electron chi connectivity index (χ2n) is 5.22. The van der Waals surface area contributed by atoms with E-state index in [0.717, 1.165) is 6.42 Å². The van der Waals surface area contributed by atoms with Crippen molar-refractivity contribution < 1.29 is 0 Å². The van der Waals surface area contributed by atoms with Crippen molar-refractivity contribution in [1.29, 1.82) is 0 Å². The van der Waals surface area contributed by atoms with E-state index in [1.807, 2.05) is 18.4 Å². The maximum absolute atomic E-state index is 3.42. The minimum absolute atomic E-state index is 0.451. The summed E-state index contributed by atoms with van der Waals surface area (Å²) >= 11 is 1.91. The lowest BCUT2D eigenvalue weighted by Gasteiger charge is -2.18. The molecule has 2 rings (SSSR count). The molecule has 0 aliphatic heterocycles. The van der Waals surface area contributed by atoms with Crippen molar-refractivity contribution in [2.24, 2.45) is 5.92 Å². The van der Waals surface area contributed by atoms with E-state index < -0.39 is 0 Å². The summed E-state index contributed by atoms with van der Waals surface area (Å²) in [7, 11) is 2.05. The fourth-order valence-electron chi connectivity index (χ4n) is 2.54. The summed E-state index contributed by atoms with van der Waals surface area (Å²) in [6, 6.07) is 13.7. The summed E-state index contributed by atoms with van der Waals surface area (Å²) in [5.74, 6) is 0.609. The third-order valence-corrected chi connectivity index (χ3v) is 4.78. The van der Waals surface area contributed by atoms with Crippen LogP contribution in [0, 0.1) is 5.92 Å². The second-order valence-corrected chi connectivity index (χ2v) is 6.34. The molecule has 19 heavy (non-hydrogen) atoms. The van der Waals surface area contributed by atoms with Gasteiger partial charge in [0, 0.05) is 15.8 Å². The van der Waals surface area contributed by atoms with Crippen molar-refractivity contribution in [3.63, 3.8) is 0 Å². The molecule has 0 amide bonds. The molecular formula is C17H23NS. The topological polar surface area (TPSA) is 12.0 Å². The summed E-state index contributed by atoms with van der Waals surface area (Å²) in [5, 5.41) is 3.42. The van der Waals surface area contributed by atoms with Crippen LogP contribution in [0.2, 0.25) is 0 Å². The van der Waals surface area contributed by atoms with Gasteiger partial charge >= 0.3 is 0 Å². The summed E-state index contributed by atoms with van der Waals surface area (Å²) in [6.45, 7) is 6.75. The highest BCUT2D eigenvalue weighted by atomic mass is 32.1. The average Bonchev–Trinajstić information content (AvgIpc) is 2.88. The molecule has 1 nitrogen and oxygen atoms in total. The lowest BCUT2D eigenvalue weighted by Crippen LogP contribution is -2.20. The van der Waals surface area contributed by atoms with Crippen LogP contribution in [0.15, 0.2) is 36.4 Å². The Hall–Kier alpha value is -1.12. The molecule has 1 atom stereocenters. The molecule has 0 radical (unpaired) electrons. The molecule has 1 aromatic heterocycles. The van der Waals surface area contributed by atoms with E-state index in [4.69, 9.17) is 0 Å². The maximum atomic E-state index is 3.42. The number of aryl methyl sites for hydroxylation is 1. The van der Waals surface area contributed by atoms with Crippen molar-refractivity contribution in [1.82, 2.24) is 5.32 Å². The van der Waals surface area contributed by atoms with E-state index in [-0.39, 0.29) is 0 Å². The predicted molar refractivity (Wildman–Crippen MR) is 85.8 cm³/mol. The quantitative estimate of drug-likeness (QED) is 0.817. The van der Waals surface area contributed by atoms with E-state index in [0.29, 0.717) is 12.0 Å². The van der Waals surface area contributed by atoms with Crippen molar-refractivity contribution in [2.45, 2.75) is 33.2 Å². The number of thiophene rings is 1. The summed E-state index contributed by atoms with van der Waals surface area (Å²) in [6.07, 6.45) is 1.09. The summed E-state index contributed by atoms with van der Waals surface area (Å²) < 4.78 is 0. The van der Waals surface area contributed by atoms with Crippen LogP contribution in [0.25, 0.3) is 10.4 Å². The second kappa shape index (κ2) is 6.36. The highest BCUT2D eigenvalue weighted by Gasteiger charge is 2.16. The average molecular weight is 273 g/mol. The molecule has 102 valence electrons. The molecule has 0 saturated heterocycles. The van der Waals surface area contributed by atoms with E-state index in [1.54, 1.807) is 0 Å². The molecule has 0 spiro atoms. The summed E-state index contributed by atoms with van der Waals surface area (Å²) in [5.41, 5.74) is 2.82. The van der Waals surface area contributed by atoms with Crippen LogP contribution in [-0.2, 0) is 6.42 Å². The molecule has 0 saturated carbocycles. The third kappa shape index (κ3) is 3.07. The molecule has 1 heterocycles. The van der Waals surface area contributed by atoms with E-state index >= 15 is 0 Å². The van der Waals surface area contributed by atoms with Gasteiger partial charge in [0.2, 0.25) is 0 Å². The Morgan fingerprint density at radius 2 is 1.84 bits per heavy atom. The zero-order chi connectivity index (χ0) is 13.8. The highest BCUT2D eigenvalue weighted by molar-refractivity contribution is 7.15. The van der Waals surface area contributed by atoms with Gasteiger partial charge in [-0.2, -0.15) is 0 Å². The van der Waals surface area contributed by atoms with Crippen LogP contribution in [0.4, 0.5) is 0 Å². The first kappa shape index (κ1) is 14.3. The SMILES string of the molecule is CCc1ccccc1-c1ccc(C(NC)C(C)C)s1. The molecule has 1 unspecified atom stereocenters. The Labute approximate surface area is 120 Å². The Bertz CT molecular complexity index is 528. The fourth-order valence-corrected chi connectivity index (χ4v) is 3.89. The van der Waals surface area contributed by atoms with E-state index in [2.05, 4.69) is 62.5 Å². The number of hydrogen-bond acceptors (Lipinski definition) is 2. The Balaban J connectivity index is 2.35. The lowest BCUT2D eigenvalue weighted by atomic mass is 10.0. The first-order chi connectivity index (χ1) is 9.17. The largest absolute Gasteiger partial charge is 0.312 e. The maximum Gasteiger partial charge on any atom is 0.0435 e. The molecule has 0 aliphatic carbocycles. The van der Waals surface area contributed by atoms with Crippen molar-refractivity contribution >= 4 is 11.3 Å². The first-order valence-electron chi connectivity index (χ1n) is 7.02. The van der Waals surface area contributed by atoms with Gasteiger partial charge in [0.05, 0.1) is 0 Å². The van der Waals surface area contributed by atoms with Crippen molar-refractivity contribution in [2.75, 3.05) is 7.05 Å². The number of hydrogen-bond donors (Lipinski definition) is 1. The van der Waals surface area contributed by atoms with Gasteiger partial charge in [-0.15, -0.1) is 11.3 Å². The van der Waals surface area contributed by atoms with Gasteiger partial charge in [0.1, 0.15) is 0 Å². The molecular weight excluding hydrogens is 250 g/mol. The Morgan fingerprint density at radius 1 is 1.11 bits per heavy atom. The standard InChI is InChI=1S/C17H23NS/c1-5-13-8-6-7-9-14(13)15-10-11-16(19-15)17(18-4)12(2)3/h6-12,17-18H,5H2,1-4H3. The van der Waals surface area contributed by atoms with Crippen LogP contribution in [0.5, 0.6) is 0 Å². The van der Waals surface area contributed by atoms with Crippen molar-refractivity contribution in [3.05, 3.63) is 46.8 Å². The van der Waals surface area contributed by atoms with Gasteiger partial charge in [-0.25, -0.2) is 0 Å². The van der Waals surface area contributed by atoms with Gasteiger partial charge in [0.15, 0.2) is 0 Å². The number of nitrogens with one attached hydrogen (secondary N) is 1. The third-order valence-electron chi connectivity index (χ3n) is 3.57. The fraction of sp³-hybridized carbons (Fsp3) is 0.412. The van der Waals surface area contributed by atoms with Gasteiger partial charge in [-0.1, -0.05) is 45.0 Å². The predicted octanol–water partition coefficient (Wildman–Crippen LogP) is 4.89. The zero-order valence-electron chi connectivity index (χ0n) is 12.2. The molecule has 0 fully saturated rings.